The quantitative estimate of drug-likeness (QED) is 0.886. The zero-order chi connectivity index (χ0) is 11.7. The number of rotatable bonds is 2. The summed E-state index contributed by atoms with van der Waals surface area (Å²) in [6.07, 6.45) is -0.351. The van der Waals surface area contributed by atoms with Gasteiger partial charge in [0.1, 0.15) is 12.4 Å². The van der Waals surface area contributed by atoms with E-state index in [0.717, 1.165) is 22.4 Å². The molecule has 2 rings (SSSR count). The number of amides is 1. The SMILES string of the molecule is COc1c(C)cc([C@H]2COC(=O)N2)cc1C.Cl. The van der Waals surface area contributed by atoms with Crippen molar-refractivity contribution < 1.29 is 14.3 Å². The molecule has 0 saturated carbocycles. The molecule has 94 valence electrons. The summed E-state index contributed by atoms with van der Waals surface area (Å²) >= 11 is 0. The number of methoxy groups -OCH3 is 1. The van der Waals surface area contributed by atoms with E-state index in [1.165, 1.54) is 0 Å². The number of hydrogen-bond acceptors (Lipinski definition) is 3. The molecule has 1 amide bonds. The Kier molecular flexibility index (Phi) is 4.23. The molecule has 17 heavy (non-hydrogen) atoms. The van der Waals surface area contributed by atoms with Crippen LogP contribution in [0.15, 0.2) is 12.1 Å². The molecule has 0 bridgehead atoms. The largest absolute Gasteiger partial charge is 0.496 e. The van der Waals surface area contributed by atoms with Crippen molar-refractivity contribution in [2.75, 3.05) is 13.7 Å². The Morgan fingerprint density at radius 1 is 1.35 bits per heavy atom. The van der Waals surface area contributed by atoms with Crippen LogP contribution in [0, 0.1) is 13.8 Å². The van der Waals surface area contributed by atoms with Crippen LogP contribution in [0.2, 0.25) is 0 Å². The number of carbonyl (C=O) groups excluding carboxylic acids is 1. The Morgan fingerprint density at radius 2 is 1.94 bits per heavy atom. The molecule has 1 aliphatic rings. The van der Waals surface area contributed by atoms with Gasteiger partial charge in [-0.2, -0.15) is 0 Å². The third-order valence-electron chi connectivity index (χ3n) is 2.76. The van der Waals surface area contributed by atoms with Gasteiger partial charge in [-0.25, -0.2) is 4.79 Å². The van der Waals surface area contributed by atoms with E-state index in [9.17, 15) is 4.79 Å². The standard InChI is InChI=1S/C12H15NO3.ClH/c1-7-4-9(5-8(2)11(7)15-3)10-6-16-12(14)13-10;/h4-5,10H,6H2,1-3H3,(H,13,14);1H/t10-;/m1./s1. The fraction of sp³-hybridized carbons (Fsp3) is 0.417. The summed E-state index contributed by atoms with van der Waals surface area (Å²) in [6.45, 7) is 4.38. The predicted molar refractivity (Wildman–Crippen MR) is 66.9 cm³/mol. The molecule has 0 aromatic heterocycles. The summed E-state index contributed by atoms with van der Waals surface area (Å²) < 4.78 is 10.2. The Bertz CT molecular complexity index is 411. The first kappa shape index (κ1) is 13.6. The zero-order valence-electron chi connectivity index (χ0n) is 10.1. The smallest absolute Gasteiger partial charge is 0.407 e. The minimum absolute atomic E-state index is 0. The molecule has 0 aliphatic carbocycles. The number of aryl methyl sites for hydroxylation is 2. The summed E-state index contributed by atoms with van der Waals surface area (Å²) in [5.41, 5.74) is 3.19. The average Bonchev–Trinajstić information content (AvgIpc) is 2.64. The minimum Gasteiger partial charge on any atom is -0.496 e. The number of carbonyl (C=O) groups is 1. The maximum atomic E-state index is 11.0. The molecule has 4 nitrogen and oxygen atoms in total. The van der Waals surface area contributed by atoms with E-state index < -0.39 is 0 Å². The third-order valence-corrected chi connectivity index (χ3v) is 2.76. The fourth-order valence-corrected chi connectivity index (χ4v) is 2.07. The number of cyclic esters (lactones) is 1. The lowest BCUT2D eigenvalue weighted by Crippen LogP contribution is -2.18. The molecule has 1 heterocycles. The van der Waals surface area contributed by atoms with Crippen LogP contribution in [0.1, 0.15) is 22.7 Å². The van der Waals surface area contributed by atoms with Crippen LogP contribution in [-0.4, -0.2) is 19.8 Å². The lowest BCUT2D eigenvalue weighted by molar-refractivity contribution is 0.177. The molecule has 0 radical (unpaired) electrons. The van der Waals surface area contributed by atoms with Gasteiger partial charge in [-0.05, 0) is 30.5 Å². The van der Waals surface area contributed by atoms with Crippen molar-refractivity contribution in [3.8, 4) is 5.75 Å². The molecular formula is C12H16ClNO3. The van der Waals surface area contributed by atoms with Gasteiger partial charge in [0.05, 0.1) is 13.2 Å². The molecule has 0 spiro atoms. The summed E-state index contributed by atoms with van der Waals surface area (Å²) in [5, 5.41) is 2.76. The highest BCUT2D eigenvalue weighted by atomic mass is 35.5. The third kappa shape index (κ3) is 2.64. The predicted octanol–water partition coefficient (Wildman–Crippen LogP) is 2.51. The van der Waals surface area contributed by atoms with Crippen molar-refractivity contribution in [3.63, 3.8) is 0 Å². The van der Waals surface area contributed by atoms with Crippen LogP contribution in [0.3, 0.4) is 0 Å². The molecule has 1 aliphatic heterocycles. The van der Waals surface area contributed by atoms with Crippen molar-refractivity contribution >= 4 is 18.5 Å². The fourth-order valence-electron chi connectivity index (χ4n) is 2.07. The van der Waals surface area contributed by atoms with Gasteiger partial charge in [0.25, 0.3) is 0 Å². The molecule has 1 atom stereocenters. The first-order valence-electron chi connectivity index (χ1n) is 5.20. The van der Waals surface area contributed by atoms with Crippen molar-refractivity contribution in [2.45, 2.75) is 19.9 Å². The van der Waals surface area contributed by atoms with Crippen LogP contribution in [0.4, 0.5) is 4.79 Å². The van der Waals surface area contributed by atoms with Crippen molar-refractivity contribution in [3.05, 3.63) is 28.8 Å². The maximum absolute atomic E-state index is 11.0. The summed E-state index contributed by atoms with van der Waals surface area (Å²) in [5.74, 6) is 0.897. The lowest BCUT2D eigenvalue weighted by Gasteiger charge is -2.14. The van der Waals surface area contributed by atoms with Crippen molar-refractivity contribution in [1.29, 1.82) is 0 Å². The monoisotopic (exact) mass is 257 g/mol. The van der Waals surface area contributed by atoms with Gasteiger partial charge in [-0.15, -0.1) is 12.4 Å². The lowest BCUT2D eigenvalue weighted by atomic mass is 10.0. The van der Waals surface area contributed by atoms with E-state index in [1.54, 1.807) is 7.11 Å². The van der Waals surface area contributed by atoms with Crippen LogP contribution in [-0.2, 0) is 4.74 Å². The van der Waals surface area contributed by atoms with Gasteiger partial charge >= 0.3 is 6.09 Å². The van der Waals surface area contributed by atoms with E-state index in [-0.39, 0.29) is 24.5 Å². The number of halogens is 1. The Balaban J connectivity index is 0.00000144. The highest BCUT2D eigenvalue weighted by Crippen LogP contribution is 2.28. The van der Waals surface area contributed by atoms with E-state index >= 15 is 0 Å². The molecule has 1 saturated heterocycles. The minimum atomic E-state index is -0.351. The molecule has 1 N–H and O–H groups in total. The molecule has 1 aromatic carbocycles. The first-order chi connectivity index (χ1) is 7.61. The molecule has 1 fully saturated rings. The van der Waals surface area contributed by atoms with Crippen molar-refractivity contribution in [2.24, 2.45) is 0 Å². The number of alkyl carbamates (subject to hydrolysis) is 1. The summed E-state index contributed by atoms with van der Waals surface area (Å²) in [6, 6.07) is 3.99. The second-order valence-corrected chi connectivity index (χ2v) is 3.98. The Labute approximate surface area is 107 Å². The van der Waals surface area contributed by atoms with Crippen LogP contribution < -0.4 is 10.1 Å². The van der Waals surface area contributed by atoms with Gasteiger partial charge in [-0.3, -0.25) is 0 Å². The van der Waals surface area contributed by atoms with Crippen LogP contribution in [0.5, 0.6) is 5.75 Å². The molecular weight excluding hydrogens is 242 g/mol. The first-order valence-corrected chi connectivity index (χ1v) is 5.20. The topological polar surface area (TPSA) is 47.6 Å². The second-order valence-electron chi connectivity index (χ2n) is 3.98. The number of ether oxygens (including phenoxy) is 2. The van der Waals surface area contributed by atoms with Gasteiger partial charge in [0, 0.05) is 0 Å². The summed E-state index contributed by atoms with van der Waals surface area (Å²) in [7, 11) is 1.66. The van der Waals surface area contributed by atoms with Crippen LogP contribution >= 0.6 is 12.4 Å². The van der Waals surface area contributed by atoms with Crippen molar-refractivity contribution in [1.82, 2.24) is 5.32 Å². The number of hydrogen-bond donors (Lipinski definition) is 1. The Morgan fingerprint density at radius 3 is 2.35 bits per heavy atom. The number of benzene rings is 1. The van der Waals surface area contributed by atoms with E-state index in [0.29, 0.717) is 6.61 Å². The highest BCUT2D eigenvalue weighted by molar-refractivity contribution is 5.85. The normalized spacial score (nSPS) is 18.1. The zero-order valence-corrected chi connectivity index (χ0v) is 10.9. The summed E-state index contributed by atoms with van der Waals surface area (Å²) in [4.78, 5) is 11.0. The highest BCUT2D eigenvalue weighted by Gasteiger charge is 2.24. The van der Waals surface area contributed by atoms with E-state index in [2.05, 4.69) is 5.32 Å². The Hall–Kier alpha value is -1.42. The van der Waals surface area contributed by atoms with Gasteiger partial charge < -0.3 is 14.8 Å². The number of nitrogens with one attached hydrogen (secondary N) is 1. The molecule has 1 aromatic rings. The van der Waals surface area contributed by atoms with Gasteiger partial charge in [0.15, 0.2) is 0 Å². The maximum Gasteiger partial charge on any atom is 0.407 e. The van der Waals surface area contributed by atoms with Gasteiger partial charge in [0.2, 0.25) is 0 Å². The van der Waals surface area contributed by atoms with Gasteiger partial charge in [-0.1, -0.05) is 12.1 Å². The molecule has 5 heteroatoms. The second kappa shape index (κ2) is 5.27. The average molecular weight is 258 g/mol. The van der Waals surface area contributed by atoms with E-state index in [4.69, 9.17) is 9.47 Å². The molecule has 0 unspecified atom stereocenters. The van der Waals surface area contributed by atoms with Crippen LogP contribution in [0.25, 0.3) is 0 Å². The van der Waals surface area contributed by atoms with E-state index in [1.807, 2.05) is 26.0 Å².